The summed E-state index contributed by atoms with van der Waals surface area (Å²) in [6.07, 6.45) is 1.14. The van der Waals surface area contributed by atoms with Gasteiger partial charge in [-0.2, -0.15) is 17.0 Å². The lowest BCUT2D eigenvalue weighted by molar-refractivity contribution is -0.144. The van der Waals surface area contributed by atoms with Crippen LogP contribution in [0.15, 0.2) is 0 Å². The second-order valence-electron chi connectivity index (χ2n) is 4.36. The summed E-state index contributed by atoms with van der Waals surface area (Å²) in [6.45, 7) is 4.20. The molecule has 0 saturated carbocycles. The van der Waals surface area contributed by atoms with Crippen LogP contribution in [0.4, 0.5) is 0 Å². The third-order valence-corrected chi connectivity index (χ3v) is 5.54. The highest BCUT2D eigenvalue weighted by Crippen LogP contribution is 2.27. The number of aliphatic carboxylic acids is 1. The van der Waals surface area contributed by atoms with E-state index in [0.717, 1.165) is 0 Å². The molecule has 0 bridgehead atoms. The Labute approximate surface area is 102 Å². The van der Waals surface area contributed by atoms with Gasteiger partial charge in [0.25, 0.3) is 10.2 Å². The average Bonchev–Trinajstić information content (AvgIpc) is 2.27. The van der Waals surface area contributed by atoms with Crippen LogP contribution in [0, 0.1) is 5.92 Å². The Balaban J connectivity index is 2.95. The van der Waals surface area contributed by atoms with Crippen molar-refractivity contribution in [3.8, 4) is 0 Å². The summed E-state index contributed by atoms with van der Waals surface area (Å²) in [6, 6.07) is -0.486. The highest BCUT2D eigenvalue weighted by Gasteiger charge is 2.40. The van der Waals surface area contributed by atoms with E-state index in [9.17, 15) is 13.2 Å². The van der Waals surface area contributed by atoms with Gasteiger partial charge in [0.05, 0.1) is 5.92 Å². The largest absolute Gasteiger partial charge is 0.481 e. The van der Waals surface area contributed by atoms with Gasteiger partial charge in [0, 0.05) is 26.2 Å². The van der Waals surface area contributed by atoms with E-state index in [1.165, 1.54) is 15.7 Å². The summed E-state index contributed by atoms with van der Waals surface area (Å²) < 4.78 is 26.9. The number of hydrogen-bond donors (Lipinski definition) is 1. The van der Waals surface area contributed by atoms with Gasteiger partial charge in [0.2, 0.25) is 0 Å². The minimum Gasteiger partial charge on any atom is -0.481 e. The fraction of sp³-hybridized carbons (Fsp3) is 0.900. The monoisotopic (exact) mass is 264 g/mol. The molecule has 0 radical (unpaired) electrons. The minimum atomic E-state index is -3.52. The number of carboxylic acid groups (broad SMARTS) is 1. The lowest BCUT2D eigenvalue weighted by Gasteiger charge is -2.38. The zero-order valence-corrected chi connectivity index (χ0v) is 11.3. The Morgan fingerprint density at radius 3 is 2.59 bits per heavy atom. The predicted molar refractivity (Wildman–Crippen MR) is 63.8 cm³/mol. The maximum absolute atomic E-state index is 12.2. The van der Waals surface area contributed by atoms with E-state index in [2.05, 4.69) is 0 Å². The quantitative estimate of drug-likeness (QED) is 0.795. The third kappa shape index (κ3) is 2.78. The van der Waals surface area contributed by atoms with Crippen molar-refractivity contribution in [3.63, 3.8) is 0 Å². The van der Waals surface area contributed by atoms with Crippen molar-refractivity contribution in [1.29, 1.82) is 0 Å². The highest BCUT2D eigenvalue weighted by atomic mass is 32.2. The fourth-order valence-electron chi connectivity index (χ4n) is 2.11. The molecule has 1 rings (SSSR count). The van der Waals surface area contributed by atoms with E-state index in [4.69, 9.17) is 5.11 Å². The number of carboxylic acids is 1. The molecule has 1 aliphatic heterocycles. The van der Waals surface area contributed by atoms with E-state index in [-0.39, 0.29) is 0 Å². The van der Waals surface area contributed by atoms with Crippen molar-refractivity contribution >= 4 is 16.2 Å². The molecule has 0 aliphatic carbocycles. The smallest absolute Gasteiger partial charge is 0.308 e. The standard InChI is InChI=1S/C10H20N2O4S/c1-4-11(3)17(15,16)12-7-5-6-9(8(12)2)10(13)14/h8-9H,4-7H2,1-3H3,(H,13,14)/t8-,9-/m0/s1. The van der Waals surface area contributed by atoms with Crippen molar-refractivity contribution in [2.45, 2.75) is 32.7 Å². The zero-order valence-electron chi connectivity index (χ0n) is 10.5. The Morgan fingerprint density at radius 1 is 1.53 bits per heavy atom. The molecule has 0 aromatic heterocycles. The molecule has 0 aromatic rings. The SMILES string of the molecule is CCN(C)S(=O)(=O)N1CCC[C@H](C(=O)O)[C@@H]1C. The van der Waals surface area contributed by atoms with Gasteiger partial charge in [-0.15, -0.1) is 0 Å². The molecule has 1 saturated heterocycles. The predicted octanol–water partition coefficient (Wildman–Crippen LogP) is 0.368. The van der Waals surface area contributed by atoms with Crippen LogP contribution in [0.5, 0.6) is 0 Å². The molecule has 100 valence electrons. The maximum atomic E-state index is 12.2. The second-order valence-corrected chi connectivity index (χ2v) is 6.35. The summed E-state index contributed by atoms with van der Waals surface area (Å²) in [4.78, 5) is 11.0. The first-order valence-corrected chi connectivity index (χ1v) is 7.18. The first-order valence-electron chi connectivity index (χ1n) is 5.78. The highest BCUT2D eigenvalue weighted by molar-refractivity contribution is 7.86. The fourth-order valence-corrected chi connectivity index (χ4v) is 3.72. The molecule has 2 atom stereocenters. The Morgan fingerprint density at radius 2 is 2.12 bits per heavy atom. The summed E-state index contributed by atoms with van der Waals surface area (Å²) in [5.41, 5.74) is 0. The normalized spacial score (nSPS) is 27.3. The number of carbonyl (C=O) groups is 1. The van der Waals surface area contributed by atoms with Crippen LogP contribution in [-0.2, 0) is 15.0 Å². The summed E-state index contributed by atoms with van der Waals surface area (Å²) in [5.74, 6) is -1.53. The number of piperidine rings is 1. The summed E-state index contributed by atoms with van der Waals surface area (Å²) in [7, 11) is -2.02. The number of hydrogen-bond acceptors (Lipinski definition) is 3. The Hall–Kier alpha value is -0.660. The van der Waals surface area contributed by atoms with Gasteiger partial charge in [-0.1, -0.05) is 6.92 Å². The van der Waals surface area contributed by atoms with E-state index < -0.39 is 28.1 Å². The molecule has 7 heteroatoms. The number of rotatable bonds is 4. The van der Waals surface area contributed by atoms with Crippen molar-refractivity contribution < 1.29 is 18.3 Å². The van der Waals surface area contributed by atoms with E-state index in [0.29, 0.717) is 25.9 Å². The van der Waals surface area contributed by atoms with Crippen molar-refractivity contribution in [2.75, 3.05) is 20.1 Å². The Kier molecular flexibility index (Phi) is 4.51. The maximum Gasteiger partial charge on any atom is 0.308 e. The Bertz CT molecular complexity index is 382. The van der Waals surface area contributed by atoms with E-state index >= 15 is 0 Å². The zero-order chi connectivity index (χ0) is 13.2. The van der Waals surface area contributed by atoms with Crippen molar-refractivity contribution in [1.82, 2.24) is 8.61 Å². The van der Waals surface area contributed by atoms with Crippen LogP contribution in [0.25, 0.3) is 0 Å². The molecule has 0 aromatic carbocycles. The summed E-state index contributed by atoms with van der Waals surface area (Å²) >= 11 is 0. The van der Waals surface area contributed by atoms with E-state index in [1.807, 2.05) is 0 Å². The molecule has 1 heterocycles. The number of nitrogens with zero attached hydrogens (tertiary/aromatic N) is 2. The first-order chi connectivity index (χ1) is 7.82. The van der Waals surface area contributed by atoms with Gasteiger partial charge in [-0.25, -0.2) is 0 Å². The molecule has 0 spiro atoms. The van der Waals surface area contributed by atoms with Gasteiger partial charge in [-0.05, 0) is 19.8 Å². The van der Waals surface area contributed by atoms with Gasteiger partial charge in [-0.3, -0.25) is 4.79 Å². The molecule has 17 heavy (non-hydrogen) atoms. The van der Waals surface area contributed by atoms with E-state index in [1.54, 1.807) is 13.8 Å². The lowest BCUT2D eigenvalue weighted by Crippen LogP contribution is -2.53. The molecular formula is C10H20N2O4S. The van der Waals surface area contributed by atoms with Crippen molar-refractivity contribution in [3.05, 3.63) is 0 Å². The molecule has 1 fully saturated rings. The van der Waals surface area contributed by atoms with Crippen LogP contribution >= 0.6 is 0 Å². The van der Waals surface area contributed by atoms with Gasteiger partial charge >= 0.3 is 5.97 Å². The van der Waals surface area contributed by atoms with Gasteiger partial charge < -0.3 is 5.11 Å². The van der Waals surface area contributed by atoms with Gasteiger partial charge in [0.15, 0.2) is 0 Å². The van der Waals surface area contributed by atoms with Gasteiger partial charge in [0.1, 0.15) is 0 Å². The molecular weight excluding hydrogens is 244 g/mol. The molecule has 1 aliphatic rings. The third-order valence-electron chi connectivity index (χ3n) is 3.38. The van der Waals surface area contributed by atoms with Crippen LogP contribution in [0.1, 0.15) is 26.7 Å². The molecule has 6 nitrogen and oxygen atoms in total. The lowest BCUT2D eigenvalue weighted by atomic mass is 9.92. The van der Waals surface area contributed by atoms with Crippen LogP contribution < -0.4 is 0 Å². The second kappa shape index (κ2) is 5.32. The minimum absolute atomic E-state index is 0.378. The van der Waals surface area contributed by atoms with Crippen LogP contribution in [-0.4, -0.2) is 54.3 Å². The molecule has 0 amide bonds. The molecule has 1 N–H and O–H groups in total. The first kappa shape index (κ1) is 14.4. The topological polar surface area (TPSA) is 77.9 Å². The van der Waals surface area contributed by atoms with Crippen molar-refractivity contribution in [2.24, 2.45) is 5.92 Å². The van der Waals surface area contributed by atoms with Crippen LogP contribution in [0.2, 0.25) is 0 Å². The summed E-state index contributed by atoms with van der Waals surface area (Å²) in [5, 5.41) is 9.05. The average molecular weight is 264 g/mol. The van der Waals surface area contributed by atoms with Crippen LogP contribution in [0.3, 0.4) is 0 Å². The molecule has 0 unspecified atom stereocenters.